The van der Waals surface area contributed by atoms with E-state index < -0.39 is 0 Å². The first-order valence-corrected chi connectivity index (χ1v) is 8.87. The van der Waals surface area contributed by atoms with Crippen molar-refractivity contribution >= 4 is 11.6 Å². The number of halogens is 1. The van der Waals surface area contributed by atoms with Crippen molar-refractivity contribution in [3.63, 3.8) is 0 Å². The zero-order chi connectivity index (χ0) is 17.8. The number of benzene rings is 4. The van der Waals surface area contributed by atoms with Crippen LogP contribution in [0.3, 0.4) is 0 Å². The summed E-state index contributed by atoms with van der Waals surface area (Å²) in [5.74, 6) is 1.58. The molecule has 4 aromatic carbocycles. The SMILES string of the molecule is Clc1ccc(Oc2ccccc2)c(-c2ccccc2)c1-c1ccccc1. The van der Waals surface area contributed by atoms with Crippen LogP contribution in [0, 0.1) is 0 Å². The number of para-hydroxylation sites is 1. The van der Waals surface area contributed by atoms with Gasteiger partial charge in [0.15, 0.2) is 0 Å². The molecule has 0 N–H and O–H groups in total. The molecule has 0 unspecified atom stereocenters. The van der Waals surface area contributed by atoms with Crippen molar-refractivity contribution < 1.29 is 4.74 Å². The van der Waals surface area contributed by atoms with E-state index in [-0.39, 0.29) is 0 Å². The molecule has 0 fully saturated rings. The molecule has 26 heavy (non-hydrogen) atoms. The van der Waals surface area contributed by atoms with Crippen molar-refractivity contribution in [1.29, 1.82) is 0 Å². The minimum absolute atomic E-state index is 0.704. The van der Waals surface area contributed by atoms with Crippen molar-refractivity contribution in [2.45, 2.75) is 0 Å². The van der Waals surface area contributed by atoms with Gasteiger partial charge in [-0.05, 0) is 35.4 Å². The fraction of sp³-hybridized carbons (Fsp3) is 0. The highest BCUT2D eigenvalue weighted by Crippen LogP contribution is 2.44. The Morgan fingerprint density at radius 2 is 1.00 bits per heavy atom. The number of rotatable bonds is 4. The fourth-order valence-corrected chi connectivity index (χ4v) is 3.30. The van der Waals surface area contributed by atoms with Crippen LogP contribution >= 0.6 is 11.6 Å². The predicted molar refractivity (Wildman–Crippen MR) is 109 cm³/mol. The van der Waals surface area contributed by atoms with Crippen molar-refractivity contribution in [2.24, 2.45) is 0 Å². The molecular weight excluding hydrogens is 340 g/mol. The molecule has 0 spiro atoms. The van der Waals surface area contributed by atoms with E-state index in [4.69, 9.17) is 16.3 Å². The molecule has 4 aromatic rings. The van der Waals surface area contributed by atoms with Crippen LogP contribution in [0.15, 0.2) is 103 Å². The van der Waals surface area contributed by atoms with E-state index in [1.54, 1.807) is 0 Å². The molecule has 0 saturated heterocycles. The third kappa shape index (κ3) is 3.35. The highest BCUT2D eigenvalue weighted by molar-refractivity contribution is 6.34. The number of ether oxygens (including phenoxy) is 1. The molecular formula is C24H17ClO. The molecule has 4 rings (SSSR count). The van der Waals surface area contributed by atoms with Gasteiger partial charge in [0.05, 0.1) is 0 Å². The molecule has 2 heteroatoms. The first kappa shape index (κ1) is 16.4. The maximum absolute atomic E-state index is 6.63. The summed E-state index contributed by atoms with van der Waals surface area (Å²) in [6.45, 7) is 0. The van der Waals surface area contributed by atoms with Gasteiger partial charge in [-0.1, -0.05) is 90.5 Å². The lowest BCUT2D eigenvalue weighted by molar-refractivity contribution is 0.484. The van der Waals surface area contributed by atoms with Gasteiger partial charge < -0.3 is 4.74 Å². The van der Waals surface area contributed by atoms with Gasteiger partial charge >= 0.3 is 0 Å². The molecule has 0 amide bonds. The molecule has 126 valence electrons. The Labute approximate surface area is 158 Å². The molecule has 0 aliphatic rings. The minimum atomic E-state index is 0.704. The Hall–Kier alpha value is -3.03. The summed E-state index contributed by atoms with van der Waals surface area (Å²) in [6, 6.07) is 34.0. The molecule has 0 aliphatic heterocycles. The van der Waals surface area contributed by atoms with Crippen LogP contribution in [0.5, 0.6) is 11.5 Å². The van der Waals surface area contributed by atoms with Crippen molar-refractivity contribution in [1.82, 2.24) is 0 Å². The van der Waals surface area contributed by atoms with Gasteiger partial charge in [0.2, 0.25) is 0 Å². The van der Waals surface area contributed by atoms with Gasteiger partial charge in [-0.25, -0.2) is 0 Å². The maximum atomic E-state index is 6.63. The van der Waals surface area contributed by atoms with Crippen molar-refractivity contribution in [3.05, 3.63) is 108 Å². The topological polar surface area (TPSA) is 9.23 Å². The maximum Gasteiger partial charge on any atom is 0.135 e. The lowest BCUT2D eigenvalue weighted by Crippen LogP contribution is -1.93. The summed E-state index contributed by atoms with van der Waals surface area (Å²) in [7, 11) is 0. The van der Waals surface area contributed by atoms with Gasteiger partial charge in [-0.3, -0.25) is 0 Å². The third-order valence-corrected chi connectivity index (χ3v) is 4.53. The van der Waals surface area contributed by atoms with Crippen LogP contribution in [0.25, 0.3) is 22.3 Å². The molecule has 0 aliphatic carbocycles. The van der Waals surface area contributed by atoms with Crippen molar-refractivity contribution in [3.8, 4) is 33.8 Å². The van der Waals surface area contributed by atoms with E-state index in [0.717, 1.165) is 33.8 Å². The Balaban J connectivity index is 1.95. The Morgan fingerprint density at radius 1 is 0.500 bits per heavy atom. The van der Waals surface area contributed by atoms with E-state index in [1.807, 2.05) is 78.9 Å². The molecule has 0 heterocycles. The molecule has 1 nitrogen and oxygen atoms in total. The van der Waals surface area contributed by atoms with Gasteiger partial charge in [0, 0.05) is 16.1 Å². The van der Waals surface area contributed by atoms with Crippen molar-refractivity contribution in [2.75, 3.05) is 0 Å². The predicted octanol–water partition coefficient (Wildman–Crippen LogP) is 7.47. The van der Waals surface area contributed by atoms with E-state index in [2.05, 4.69) is 24.3 Å². The van der Waals surface area contributed by atoms with E-state index in [9.17, 15) is 0 Å². The fourth-order valence-electron chi connectivity index (χ4n) is 3.04. The standard InChI is InChI=1S/C24H17ClO/c25-21-16-17-22(26-20-14-8-3-9-15-20)24(19-12-6-2-7-13-19)23(21)18-10-4-1-5-11-18/h1-17H. The Kier molecular flexibility index (Phi) is 4.72. The summed E-state index contributed by atoms with van der Waals surface area (Å²) >= 11 is 6.63. The zero-order valence-corrected chi connectivity index (χ0v) is 14.9. The van der Waals surface area contributed by atoms with Crippen LogP contribution in [0.2, 0.25) is 5.02 Å². The zero-order valence-electron chi connectivity index (χ0n) is 14.1. The highest BCUT2D eigenvalue weighted by Gasteiger charge is 2.17. The summed E-state index contributed by atoms with van der Waals surface area (Å²) in [6.07, 6.45) is 0. The lowest BCUT2D eigenvalue weighted by Gasteiger charge is -2.17. The first-order chi connectivity index (χ1) is 12.8. The van der Waals surface area contributed by atoms with Crippen LogP contribution < -0.4 is 4.74 Å². The minimum Gasteiger partial charge on any atom is -0.457 e. The molecule has 0 bridgehead atoms. The average Bonchev–Trinajstić information content (AvgIpc) is 2.71. The van der Waals surface area contributed by atoms with Gasteiger partial charge in [0.1, 0.15) is 11.5 Å². The quantitative estimate of drug-likeness (QED) is 0.368. The molecule has 0 saturated carbocycles. The Morgan fingerprint density at radius 3 is 1.58 bits per heavy atom. The molecule has 0 atom stereocenters. The summed E-state index contributed by atoms with van der Waals surface area (Å²) < 4.78 is 6.22. The van der Waals surface area contributed by atoms with Gasteiger partial charge in [-0.15, -0.1) is 0 Å². The lowest BCUT2D eigenvalue weighted by atomic mass is 9.93. The highest BCUT2D eigenvalue weighted by atomic mass is 35.5. The summed E-state index contributed by atoms with van der Waals surface area (Å²) in [5.41, 5.74) is 4.11. The second-order valence-electron chi connectivity index (χ2n) is 5.94. The van der Waals surface area contributed by atoms with Crippen LogP contribution in [-0.4, -0.2) is 0 Å². The van der Waals surface area contributed by atoms with E-state index in [1.165, 1.54) is 0 Å². The first-order valence-electron chi connectivity index (χ1n) is 8.49. The van der Waals surface area contributed by atoms with Crippen LogP contribution in [0.1, 0.15) is 0 Å². The smallest absolute Gasteiger partial charge is 0.135 e. The van der Waals surface area contributed by atoms with E-state index in [0.29, 0.717) is 5.02 Å². The summed E-state index contributed by atoms with van der Waals surface area (Å²) in [4.78, 5) is 0. The molecule has 0 radical (unpaired) electrons. The number of hydrogen-bond donors (Lipinski definition) is 0. The third-order valence-electron chi connectivity index (χ3n) is 4.21. The van der Waals surface area contributed by atoms with E-state index >= 15 is 0 Å². The second kappa shape index (κ2) is 7.47. The molecule has 0 aromatic heterocycles. The normalized spacial score (nSPS) is 10.5. The number of hydrogen-bond acceptors (Lipinski definition) is 1. The summed E-state index contributed by atoms with van der Waals surface area (Å²) in [5, 5.41) is 0.704. The van der Waals surface area contributed by atoms with Gasteiger partial charge in [-0.2, -0.15) is 0 Å². The van der Waals surface area contributed by atoms with Crippen LogP contribution in [0.4, 0.5) is 0 Å². The Bertz CT molecular complexity index is 996. The van der Waals surface area contributed by atoms with Gasteiger partial charge in [0.25, 0.3) is 0 Å². The second-order valence-corrected chi connectivity index (χ2v) is 6.35. The average molecular weight is 357 g/mol. The van der Waals surface area contributed by atoms with Crippen LogP contribution in [-0.2, 0) is 0 Å². The monoisotopic (exact) mass is 356 g/mol. The largest absolute Gasteiger partial charge is 0.457 e.